The van der Waals surface area contributed by atoms with E-state index in [-0.39, 0.29) is 11.4 Å². The normalized spacial score (nSPS) is 12.0. The van der Waals surface area contributed by atoms with Crippen molar-refractivity contribution in [1.82, 2.24) is 5.43 Å². The van der Waals surface area contributed by atoms with Crippen molar-refractivity contribution in [2.24, 2.45) is 11.0 Å². The summed E-state index contributed by atoms with van der Waals surface area (Å²) in [6, 6.07) is 10.4. The minimum atomic E-state index is -1.07. The molecule has 0 aromatic heterocycles. The van der Waals surface area contributed by atoms with Gasteiger partial charge in [-0.3, -0.25) is 9.59 Å². The summed E-state index contributed by atoms with van der Waals surface area (Å²) in [5, 5.41) is 15.5. The molecule has 0 fully saturated rings. The van der Waals surface area contributed by atoms with Gasteiger partial charge in [-0.25, -0.2) is 9.82 Å². The van der Waals surface area contributed by atoms with E-state index in [2.05, 4.69) is 31.8 Å². The lowest BCUT2D eigenvalue weighted by molar-refractivity contribution is -0.131. The molecule has 2 rings (SSSR count). The number of phenols is 1. The van der Waals surface area contributed by atoms with E-state index in [1.165, 1.54) is 37.4 Å². The maximum atomic E-state index is 13.5. The standard InChI is InChI=1S/C17H15BrFN3O3/c1-10(16(24)21-14-5-3-2-4-13(14)19)17(25)22-20-9-11-6-7-15(23)12(18)8-11/h2-10,23H,1H3,(H,21,24)(H,22,25). The molecule has 2 amide bonds. The third-order valence-corrected chi connectivity index (χ3v) is 3.91. The zero-order chi connectivity index (χ0) is 18.4. The molecule has 3 N–H and O–H groups in total. The minimum Gasteiger partial charge on any atom is -0.507 e. The molecule has 0 aliphatic rings. The number of carbonyl (C=O) groups is 2. The molecule has 130 valence electrons. The maximum Gasteiger partial charge on any atom is 0.252 e. The number of amides is 2. The molecule has 0 aliphatic carbocycles. The van der Waals surface area contributed by atoms with Gasteiger partial charge in [-0.1, -0.05) is 12.1 Å². The average Bonchev–Trinajstić information content (AvgIpc) is 2.59. The van der Waals surface area contributed by atoms with Crippen molar-refractivity contribution >= 4 is 39.6 Å². The molecule has 0 bridgehead atoms. The fraction of sp³-hybridized carbons (Fsp3) is 0.118. The summed E-state index contributed by atoms with van der Waals surface area (Å²) < 4.78 is 14.0. The van der Waals surface area contributed by atoms with Crippen molar-refractivity contribution in [3.63, 3.8) is 0 Å². The molecular formula is C17H15BrFN3O3. The molecule has 25 heavy (non-hydrogen) atoms. The fourth-order valence-electron chi connectivity index (χ4n) is 1.79. The minimum absolute atomic E-state index is 0.00425. The molecule has 0 aliphatic heterocycles. The highest BCUT2D eigenvalue weighted by Gasteiger charge is 2.22. The fourth-order valence-corrected chi connectivity index (χ4v) is 2.19. The van der Waals surface area contributed by atoms with Crippen LogP contribution in [0.15, 0.2) is 52.0 Å². The first-order valence-corrected chi connectivity index (χ1v) is 8.04. The van der Waals surface area contributed by atoms with E-state index < -0.39 is 23.5 Å². The van der Waals surface area contributed by atoms with Gasteiger partial charge in [-0.2, -0.15) is 5.10 Å². The number of hydrogen-bond acceptors (Lipinski definition) is 4. The first-order valence-electron chi connectivity index (χ1n) is 7.25. The smallest absolute Gasteiger partial charge is 0.252 e. The maximum absolute atomic E-state index is 13.5. The van der Waals surface area contributed by atoms with Crippen LogP contribution in [0.25, 0.3) is 0 Å². The van der Waals surface area contributed by atoms with Crippen LogP contribution >= 0.6 is 15.9 Å². The third-order valence-electron chi connectivity index (χ3n) is 3.28. The Morgan fingerprint density at radius 2 is 1.96 bits per heavy atom. The van der Waals surface area contributed by atoms with E-state index in [1.807, 2.05) is 0 Å². The molecule has 6 nitrogen and oxygen atoms in total. The van der Waals surface area contributed by atoms with Gasteiger partial charge in [0.15, 0.2) is 0 Å². The molecule has 0 saturated carbocycles. The lowest BCUT2D eigenvalue weighted by Crippen LogP contribution is -2.34. The summed E-state index contributed by atoms with van der Waals surface area (Å²) >= 11 is 3.16. The Bertz CT molecular complexity index is 827. The second-order valence-electron chi connectivity index (χ2n) is 5.14. The summed E-state index contributed by atoms with van der Waals surface area (Å²) in [4.78, 5) is 23.9. The lowest BCUT2D eigenvalue weighted by Gasteiger charge is -2.11. The number of anilines is 1. The van der Waals surface area contributed by atoms with E-state index in [9.17, 15) is 19.1 Å². The number of hydrogen-bond donors (Lipinski definition) is 3. The molecule has 2 aromatic carbocycles. The van der Waals surface area contributed by atoms with Gasteiger partial charge in [-0.15, -0.1) is 0 Å². The third kappa shape index (κ3) is 5.12. The van der Waals surface area contributed by atoms with E-state index in [1.54, 1.807) is 18.2 Å². The Hall–Kier alpha value is -2.74. The zero-order valence-electron chi connectivity index (χ0n) is 13.2. The number of aromatic hydroxyl groups is 1. The molecule has 0 radical (unpaired) electrons. The number of carbonyl (C=O) groups excluding carboxylic acids is 2. The molecule has 1 unspecified atom stereocenters. The Kier molecular flexibility index (Phi) is 6.24. The number of benzene rings is 2. The highest BCUT2D eigenvalue weighted by Crippen LogP contribution is 2.23. The highest BCUT2D eigenvalue weighted by atomic mass is 79.9. The van der Waals surface area contributed by atoms with Gasteiger partial charge < -0.3 is 10.4 Å². The molecule has 0 spiro atoms. The first-order chi connectivity index (χ1) is 11.9. The Morgan fingerprint density at radius 1 is 1.24 bits per heavy atom. The quantitative estimate of drug-likeness (QED) is 0.404. The SMILES string of the molecule is CC(C(=O)NN=Cc1ccc(O)c(Br)c1)C(=O)Nc1ccccc1F. The van der Waals surface area contributed by atoms with Crippen LogP contribution in [-0.4, -0.2) is 23.1 Å². The predicted octanol–water partition coefficient (Wildman–Crippen LogP) is 3.02. The number of nitrogens with zero attached hydrogens (tertiary/aromatic N) is 1. The molecule has 8 heteroatoms. The number of para-hydroxylation sites is 1. The van der Waals surface area contributed by atoms with E-state index in [0.29, 0.717) is 10.0 Å². The van der Waals surface area contributed by atoms with Crippen LogP contribution in [0.3, 0.4) is 0 Å². The second kappa shape index (κ2) is 8.39. The van der Waals surface area contributed by atoms with E-state index in [0.717, 1.165) is 0 Å². The molecule has 0 saturated heterocycles. The van der Waals surface area contributed by atoms with E-state index >= 15 is 0 Å². The largest absolute Gasteiger partial charge is 0.507 e. The van der Waals surface area contributed by atoms with Crippen molar-refractivity contribution in [3.8, 4) is 5.75 Å². The van der Waals surface area contributed by atoms with Crippen LogP contribution in [0.2, 0.25) is 0 Å². The van der Waals surface area contributed by atoms with Crippen LogP contribution < -0.4 is 10.7 Å². The molecular weight excluding hydrogens is 393 g/mol. The highest BCUT2D eigenvalue weighted by molar-refractivity contribution is 9.10. The summed E-state index contributed by atoms with van der Waals surface area (Å²) in [6.07, 6.45) is 1.36. The van der Waals surface area contributed by atoms with Gasteiger partial charge in [-0.05, 0) is 58.7 Å². The van der Waals surface area contributed by atoms with Crippen molar-refractivity contribution in [2.45, 2.75) is 6.92 Å². The predicted molar refractivity (Wildman–Crippen MR) is 95.7 cm³/mol. The summed E-state index contributed by atoms with van der Waals surface area (Å²) in [7, 11) is 0. The average molecular weight is 408 g/mol. The van der Waals surface area contributed by atoms with Gasteiger partial charge in [0.25, 0.3) is 5.91 Å². The number of phenolic OH excluding ortho intramolecular Hbond substituents is 1. The number of nitrogens with one attached hydrogen (secondary N) is 2. The second-order valence-corrected chi connectivity index (χ2v) is 5.99. The van der Waals surface area contributed by atoms with Crippen molar-refractivity contribution < 1.29 is 19.1 Å². The summed E-state index contributed by atoms with van der Waals surface area (Å²) in [5.41, 5.74) is 2.88. The van der Waals surface area contributed by atoms with Crippen LogP contribution in [0.4, 0.5) is 10.1 Å². The Labute approximate surface area is 151 Å². The van der Waals surface area contributed by atoms with Crippen molar-refractivity contribution in [1.29, 1.82) is 0 Å². The van der Waals surface area contributed by atoms with Gasteiger partial charge in [0.05, 0.1) is 16.4 Å². The van der Waals surface area contributed by atoms with Crippen molar-refractivity contribution in [3.05, 3.63) is 58.3 Å². The van der Waals surface area contributed by atoms with Crippen LogP contribution in [-0.2, 0) is 9.59 Å². The first kappa shape index (κ1) is 18.6. The Morgan fingerprint density at radius 3 is 2.64 bits per heavy atom. The van der Waals surface area contributed by atoms with Gasteiger partial charge in [0.1, 0.15) is 17.5 Å². The zero-order valence-corrected chi connectivity index (χ0v) is 14.7. The van der Waals surface area contributed by atoms with Crippen LogP contribution in [0, 0.1) is 11.7 Å². The van der Waals surface area contributed by atoms with Crippen LogP contribution in [0.1, 0.15) is 12.5 Å². The van der Waals surface area contributed by atoms with Crippen LogP contribution in [0.5, 0.6) is 5.75 Å². The van der Waals surface area contributed by atoms with Gasteiger partial charge in [0, 0.05) is 0 Å². The number of halogens is 2. The molecule has 0 heterocycles. The number of rotatable bonds is 5. The van der Waals surface area contributed by atoms with Gasteiger partial charge in [0.2, 0.25) is 5.91 Å². The molecule has 1 atom stereocenters. The van der Waals surface area contributed by atoms with Gasteiger partial charge >= 0.3 is 0 Å². The lowest BCUT2D eigenvalue weighted by atomic mass is 10.1. The molecule has 2 aromatic rings. The summed E-state index contributed by atoms with van der Waals surface area (Å²) in [5.74, 6) is -2.85. The number of hydrazone groups is 1. The topological polar surface area (TPSA) is 90.8 Å². The van der Waals surface area contributed by atoms with Crippen molar-refractivity contribution in [2.75, 3.05) is 5.32 Å². The monoisotopic (exact) mass is 407 g/mol. The Balaban J connectivity index is 1.93. The van der Waals surface area contributed by atoms with E-state index in [4.69, 9.17) is 0 Å². The summed E-state index contributed by atoms with van der Waals surface area (Å²) in [6.45, 7) is 1.39.